The SMILES string of the molecule is N[C@@H]1CCC[C@H]1CC(=O)NC1CCOc2c(-c3ccccc3)cccc21. The second-order valence-corrected chi connectivity index (χ2v) is 7.41. The summed E-state index contributed by atoms with van der Waals surface area (Å²) >= 11 is 0. The van der Waals surface area contributed by atoms with Crippen LogP contribution in [0, 0.1) is 5.92 Å². The van der Waals surface area contributed by atoms with Crippen molar-refractivity contribution in [3.8, 4) is 16.9 Å². The lowest BCUT2D eigenvalue weighted by Crippen LogP contribution is -2.35. The molecular weight excluding hydrogens is 324 g/mol. The lowest BCUT2D eigenvalue weighted by molar-refractivity contribution is -0.123. The summed E-state index contributed by atoms with van der Waals surface area (Å²) in [6, 6.07) is 16.6. The highest BCUT2D eigenvalue weighted by Crippen LogP contribution is 2.40. The zero-order chi connectivity index (χ0) is 17.9. The average Bonchev–Trinajstić information content (AvgIpc) is 3.07. The Bertz CT molecular complexity index is 775. The molecule has 1 fully saturated rings. The van der Waals surface area contributed by atoms with Crippen LogP contribution in [0.25, 0.3) is 11.1 Å². The highest BCUT2D eigenvalue weighted by molar-refractivity contribution is 5.78. The van der Waals surface area contributed by atoms with Gasteiger partial charge in [-0.05, 0) is 24.3 Å². The second-order valence-electron chi connectivity index (χ2n) is 7.41. The van der Waals surface area contributed by atoms with Gasteiger partial charge in [0.1, 0.15) is 5.75 Å². The van der Waals surface area contributed by atoms with Crippen molar-refractivity contribution in [2.24, 2.45) is 11.7 Å². The lowest BCUT2D eigenvalue weighted by atomic mass is 9.93. The van der Waals surface area contributed by atoms with E-state index < -0.39 is 0 Å². The van der Waals surface area contributed by atoms with E-state index in [0.29, 0.717) is 18.9 Å². The van der Waals surface area contributed by atoms with E-state index in [-0.39, 0.29) is 18.0 Å². The van der Waals surface area contributed by atoms with Gasteiger partial charge >= 0.3 is 0 Å². The number of carbonyl (C=O) groups excluding carboxylic acids is 1. The number of nitrogens with two attached hydrogens (primary N) is 1. The van der Waals surface area contributed by atoms with Crippen molar-refractivity contribution in [2.75, 3.05) is 6.61 Å². The molecule has 2 aromatic rings. The summed E-state index contributed by atoms with van der Waals surface area (Å²) in [6.07, 6.45) is 4.58. The van der Waals surface area contributed by atoms with Gasteiger partial charge < -0.3 is 15.8 Å². The summed E-state index contributed by atoms with van der Waals surface area (Å²) in [5, 5.41) is 3.23. The quantitative estimate of drug-likeness (QED) is 0.881. The molecule has 3 atom stereocenters. The van der Waals surface area contributed by atoms with Crippen LogP contribution in [-0.4, -0.2) is 18.6 Å². The van der Waals surface area contributed by atoms with E-state index in [1.807, 2.05) is 24.3 Å². The molecule has 2 aromatic carbocycles. The lowest BCUT2D eigenvalue weighted by Gasteiger charge is -2.29. The van der Waals surface area contributed by atoms with Gasteiger partial charge in [-0.1, -0.05) is 55.0 Å². The fraction of sp³-hybridized carbons (Fsp3) is 0.409. The van der Waals surface area contributed by atoms with Crippen molar-refractivity contribution in [1.29, 1.82) is 0 Å². The molecule has 136 valence electrons. The van der Waals surface area contributed by atoms with E-state index in [0.717, 1.165) is 48.1 Å². The fourth-order valence-electron chi connectivity index (χ4n) is 4.23. The molecule has 26 heavy (non-hydrogen) atoms. The third-order valence-corrected chi connectivity index (χ3v) is 5.66. The molecule has 1 aliphatic heterocycles. The molecule has 2 aliphatic rings. The molecular formula is C22H26N2O2. The molecule has 1 saturated carbocycles. The van der Waals surface area contributed by atoms with Gasteiger partial charge in [-0.3, -0.25) is 4.79 Å². The summed E-state index contributed by atoms with van der Waals surface area (Å²) in [5.74, 6) is 1.33. The van der Waals surface area contributed by atoms with Gasteiger partial charge in [0.15, 0.2) is 0 Å². The fourth-order valence-corrected chi connectivity index (χ4v) is 4.23. The number of hydrogen-bond donors (Lipinski definition) is 2. The maximum absolute atomic E-state index is 12.6. The predicted molar refractivity (Wildman–Crippen MR) is 103 cm³/mol. The Morgan fingerprint density at radius 1 is 1.08 bits per heavy atom. The van der Waals surface area contributed by atoms with Crippen LogP contribution >= 0.6 is 0 Å². The minimum atomic E-state index is 0.00698. The van der Waals surface area contributed by atoms with Crippen LogP contribution < -0.4 is 15.8 Å². The topological polar surface area (TPSA) is 64.4 Å². The number of para-hydroxylation sites is 1. The van der Waals surface area contributed by atoms with Crippen LogP contribution in [0.2, 0.25) is 0 Å². The van der Waals surface area contributed by atoms with E-state index in [2.05, 4.69) is 29.6 Å². The summed E-state index contributed by atoms with van der Waals surface area (Å²) in [7, 11) is 0. The van der Waals surface area contributed by atoms with E-state index >= 15 is 0 Å². The van der Waals surface area contributed by atoms with Crippen molar-refractivity contribution in [1.82, 2.24) is 5.32 Å². The highest BCUT2D eigenvalue weighted by Gasteiger charge is 2.29. The first kappa shape index (κ1) is 17.1. The minimum absolute atomic E-state index is 0.00698. The largest absolute Gasteiger partial charge is 0.492 e. The number of hydrogen-bond acceptors (Lipinski definition) is 3. The molecule has 0 bridgehead atoms. The van der Waals surface area contributed by atoms with Gasteiger partial charge in [-0.2, -0.15) is 0 Å². The van der Waals surface area contributed by atoms with Crippen molar-refractivity contribution in [3.63, 3.8) is 0 Å². The third-order valence-electron chi connectivity index (χ3n) is 5.66. The molecule has 0 saturated heterocycles. The van der Waals surface area contributed by atoms with Gasteiger partial charge in [-0.25, -0.2) is 0 Å². The van der Waals surface area contributed by atoms with Crippen LogP contribution in [0.15, 0.2) is 48.5 Å². The molecule has 1 amide bonds. The maximum atomic E-state index is 12.6. The normalized spacial score (nSPS) is 24.6. The molecule has 0 spiro atoms. The van der Waals surface area contributed by atoms with Crippen LogP contribution in [0.3, 0.4) is 0 Å². The van der Waals surface area contributed by atoms with E-state index in [4.69, 9.17) is 10.5 Å². The van der Waals surface area contributed by atoms with Crippen LogP contribution in [0.4, 0.5) is 0 Å². The molecule has 1 heterocycles. The van der Waals surface area contributed by atoms with Crippen molar-refractivity contribution >= 4 is 5.91 Å². The number of amides is 1. The highest BCUT2D eigenvalue weighted by atomic mass is 16.5. The molecule has 0 aromatic heterocycles. The number of carbonyl (C=O) groups is 1. The van der Waals surface area contributed by atoms with Crippen LogP contribution in [-0.2, 0) is 4.79 Å². The molecule has 1 aliphatic carbocycles. The summed E-state index contributed by atoms with van der Waals surface area (Å²) in [6.45, 7) is 0.616. The molecule has 1 unspecified atom stereocenters. The molecule has 3 N–H and O–H groups in total. The van der Waals surface area contributed by atoms with Crippen LogP contribution in [0.5, 0.6) is 5.75 Å². The maximum Gasteiger partial charge on any atom is 0.220 e. The molecule has 0 radical (unpaired) electrons. The standard InChI is InChI=1S/C22H26N2O2/c23-19-11-4-8-16(19)14-21(25)24-20-12-13-26-22-17(9-5-10-18(20)22)15-6-2-1-3-7-15/h1-3,5-7,9-10,16,19-20H,4,8,11-14,23H2,(H,24,25)/t16-,19+,20?/m0/s1. The first-order valence-corrected chi connectivity index (χ1v) is 9.58. The molecule has 4 heteroatoms. The zero-order valence-corrected chi connectivity index (χ0v) is 15.0. The van der Waals surface area contributed by atoms with Gasteiger partial charge in [0.2, 0.25) is 5.91 Å². The Morgan fingerprint density at radius 3 is 2.69 bits per heavy atom. The van der Waals surface area contributed by atoms with E-state index in [1.54, 1.807) is 0 Å². The Morgan fingerprint density at radius 2 is 1.92 bits per heavy atom. The van der Waals surface area contributed by atoms with Crippen molar-refractivity contribution in [2.45, 2.75) is 44.2 Å². The summed E-state index contributed by atoms with van der Waals surface area (Å²) in [5.41, 5.74) is 9.41. The van der Waals surface area contributed by atoms with Gasteiger partial charge in [0.05, 0.1) is 12.6 Å². The third kappa shape index (κ3) is 3.47. The van der Waals surface area contributed by atoms with Crippen LogP contribution in [0.1, 0.15) is 43.7 Å². The number of fused-ring (bicyclic) bond motifs is 1. The number of ether oxygens (including phenoxy) is 1. The molecule has 4 rings (SSSR count). The van der Waals surface area contributed by atoms with Gasteiger partial charge in [0.25, 0.3) is 0 Å². The summed E-state index contributed by atoms with van der Waals surface area (Å²) in [4.78, 5) is 12.6. The Balaban J connectivity index is 1.53. The van der Waals surface area contributed by atoms with Crippen molar-refractivity contribution in [3.05, 3.63) is 54.1 Å². The van der Waals surface area contributed by atoms with E-state index in [9.17, 15) is 4.79 Å². The average molecular weight is 350 g/mol. The first-order valence-electron chi connectivity index (χ1n) is 9.58. The van der Waals surface area contributed by atoms with Gasteiger partial charge in [-0.15, -0.1) is 0 Å². The number of rotatable bonds is 4. The Labute approximate surface area is 154 Å². The number of nitrogens with one attached hydrogen (secondary N) is 1. The Hall–Kier alpha value is -2.33. The van der Waals surface area contributed by atoms with Gasteiger partial charge in [0, 0.05) is 30.0 Å². The number of benzene rings is 2. The minimum Gasteiger partial charge on any atom is -0.492 e. The Kier molecular flexibility index (Phi) is 4.93. The van der Waals surface area contributed by atoms with E-state index in [1.165, 1.54) is 0 Å². The monoisotopic (exact) mass is 350 g/mol. The van der Waals surface area contributed by atoms with Crippen molar-refractivity contribution < 1.29 is 9.53 Å². The molecule has 4 nitrogen and oxygen atoms in total. The smallest absolute Gasteiger partial charge is 0.220 e. The second kappa shape index (κ2) is 7.50. The summed E-state index contributed by atoms with van der Waals surface area (Å²) < 4.78 is 6.00. The first-order chi connectivity index (χ1) is 12.7. The zero-order valence-electron chi connectivity index (χ0n) is 15.0. The predicted octanol–water partition coefficient (Wildman–Crippen LogP) is 3.81.